The summed E-state index contributed by atoms with van der Waals surface area (Å²) in [6.07, 6.45) is 6.61. The summed E-state index contributed by atoms with van der Waals surface area (Å²) in [6, 6.07) is 0. The summed E-state index contributed by atoms with van der Waals surface area (Å²) in [4.78, 5) is 14.3. The lowest BCUT2D eigenvalue weighted by Crippen LogP contribution is -2.47. The first-order valence-electron chi connectivity index (χ1n) is 7.66. The highest BCUT2D eigenvalue weighted by molar-refractivity contribution is 5.79. The van der Waals surface area contributed by atoms with Gasteiger partial charge in [-0.05, 0) is 54.4 Å². The first kappa shape index (κ1) is 18.9. The van der Waals surface area contributed by atoms with Crippen LogP contribution < -0.4 is 0 Å². The molecule has 0 heterocycles. The SMILES string of the molecule is CC(C)=CCC/C(C)=C\CN(C(=O)C(C)C)C(C)(C)C. The molecular formula is C18H33NO. The van der Waals surface area contributed by atoms with Gasteiger partial charge in [0.1, 0.15) is 0 Å². The van der Waals surface area contributed by atoms with Crippen LogP contribution in [0.2, 0.25) is 0 Å². The first-order valence-corrected chi connectivity index (χ1v) is 7.66. The Hall–Kier alpha value is -1.05. The Kier molecular flexibility index (Phi) is 7.85. The molecule has 116 valence electrons. The summed E-state index contributed by atoms with van der Waals surface area (Å²) in [5.41, 5.74) is 2.59. The van der Waals surface area contributed by atoms with Gasteiger partial charge in [0.05, 0.1) is 0 Å². The third kappa shape index (κ3) is 7.52. The van der Waals surface area contributed by atoms with E-state index in [9.17, 15) is 4.79 Å². The highest BCUT2D eigenvalue weighted by atomic mass is 16.2. The molecule has 1 amide bonds. The molecular weight excluding hydrogens is 246 g/mol. The van der Waals surface area contributed by atoms with Crippen molar-refractivity contribution in [1.82, 2.24) is 4.90 Å². The third-order valence-corrected chi connectivity index (χ3v) is 3.28. The largest absolute Gasteiger partial charge is 0.334 e. The van der Waals surface area contributed by atoms with Crippen molar-refractivity contribution >= 4 is 5.91 Å². The second kappa shape index (κ2) is 8.28. The fraction of sp³-hybridized carbons (Fsp3) is 0.722. The maximum Gasteiger partial charge on any atom is 0.225 e. The van der Waals surface area contributed by atoms with Crippen molar-refractivity contribution in [1.29, 1.82) is 0 Å². The highest BCUT2D eigenvalue weighted by Crippen LogP contribution is 2.17. The first-order chi connectivity index (χ1) is 9.05. The molecule has 2 heteroatoms. The van der Waals surface area contributed by atoms with Crippen LogP contribution in [0.5, 0.6) is 0 Å². The van der Waals surface area contributed by atoms with Crippen molar-refractivity contribution in [2.75, 3.05) is 6.54 Å². The molecule has 2 nitrogen and oxygen atoms in total. The number of hydrogen-bond donors (Lipinski definition) is 0. The molecule has 0 aliphatic heterocycles. The van der Waals surface area contributed by atoms with E-state index in [1.165, 1.54) is 11.1 Å². The fourth-order valence-electron chi connectivity index (χ4n) is 1.94. The van der Waals surface area contributed by atoms with E-state index in [1.807, 2.05) is 18.7 Å². The molecule has 0 bridgehead atoms. The number of rotatable bonds is 6. The Bertz CT molecular complexity index is 365. The molecule has 0 rings (SSSR count). The Morgan fingerprint density at radius 1 is 1.10 bits per heavy atom. The quantitative estimate of drug-likeness (QED) is 0.629. The van der Waals surface area contributed by atoms with Crippen LogP contribution in [0.3, 0.4) is 0 Å². The van der Waals surface area contributed by atoms with Gasteiger partial charge in [-0.1, -0.05) is 37.1 Å². The number of carbonyl (C=O) groups excluding carboxylic acids is 1. The molecule has 0 fully saturated rings. The van der Waals surface area contributed by atoms with Crippen LogP contribution in [0.1, 0.15) is 68.2 Å². The molecule has 0 aromatic carbocycles. The highest BCUT2D eigenvalue weighted by Gasteiger charge is 2.26. The van der Waals surface area contributed by atoms with E-state index in [1.54, 1.807) is 0 Å². The van der Waals surface area contributed by atoms with Gasteiger partial charge in [0.15, 0.2) is 0 Å². The Labute approximate surface area is 125 Å². The Balaban J connectivity index is 4.68. The maximum absolute atomic E-state index is 12.3. The molecule has 0 saturated heterocycles. The third-order valence-electron chi connectivity index (χ3n) is 3.28. The lowest BCUT2D eigenvalue weighted by molar-refractivity contribution is -0.138. The molecule has 0 unspecified atom stereocenters. The molecule has 0 spiro atoms. The van der Waals surface area contributed by atoms with Gasteiger partial charge in [-0.2, -0.15) is 0 Å². The van der Waals surface area contributed by atoms with E-state index in [4.69, 9.17) is 0 Å². The summed E-state index contributed by atoms with van der Waals surface area (Å²) < 4.78 is 0. The van der Waals surface area contributed by atoms with Gasteiger partial charge in [0.2, 0.25) is 5.91 Å². The minimum atomic E-state index is -0.127. The van der Waals surface area contributed by atoms with E-state index in [0.717, 1.165) is 12.8 Å². The number of amides is 1. The zero-order chi connectivity index (χ0) is 15.9. The van der Waals surface area contributed by atoms with Gasteiger partial charge in [-0.15, -0.1) is 0 Å². The van der Waals surface area contributed by atoms with Crippen LogP contribution in [-0.2, 0) is 4.79 Å². The standard InChI is InChI=1S/C18H33NO/c1-14(2)10-9-11-16(5)12-13-19(18(6,7)8)17(20)15(3)4/h10,12,15H,9,11,13H2,1-8H3/b16-12-. The average Bonchev–Trinajstić information content (AvgIpc) is 2.26. The second-order valence-electron chi connectivity index (χ2n) is 7.14. The van der Waals surface area contributed by atoms with Crippen LogP contribution in [-0.4, -0.2) is 22.9 Å². The summed E-state index contributed by atoms with van der Waals surface area (Å²) >= 11 is 0. The minimum absolute atomic E-state index is 0.0496. The van der Waals surface area contributed by atoms with Crippen LogP contribution in [0, 0.1) is 5.92 Å². The van der Waals surface area contributed by atoms with Crippen LogP contribution in [0.15, 0.2) is 23.3 Å². The monoisotopic (exact) mass is 279 g/mol. The summed E-state index contributed by atoms with van der Waals surface area (Å²) in [5, 5.41) is 0. The van der Waals surface area contributed by atoms with Crippen molar-refractivity contribution in [3.8, 4) is 0 Å². The predicted molar refractivity (Wildman–Crippen MR) is 88.7 cm³/mol. The van der Waals surface area contributed by atoms with Crippen molar-refractivity contribution in [3.63, 3.8) is 0 Å². The number of hydrogen-bond acceptors (Lipinski definition) is 1. The van der Waals surface area contributed by atoms with E-state index < -0.39 is 0 Å². The number of allylic oxidation sites excluding steroid dienone is 3. The van der Waals surface area contributed by atoms with Crippen molar-refractivity contribution in [3.05, 3.63) is 23.3 Å². The van der Waals surface area contributed by atoms with E-state index >= 15 is 0 Å². The second-order valence-corrected chi connectivity index (χ2v) is 7.14. The summed E-state index contributed by atoms with van der Waals surface area (Å²) in [6.45, 7) is 17.3. The summed E-state index contributed by atoms with van der Waals surface area (Å²) in [7, 11) is 0. The molecule has 0 aromatic heterocycles. The maximum atomic E-state index is 12.3. The fourth-order valence-corrected chi connectivity index (χ4v) is 1.94. The van der Waals surface area contributed by atoms with E-state index in [2.05, 4.69) is 53.7 Å². The van der Waals surface area contributed by atoms with Crippen LogP contribution >= 0.6 is 0 Å². The average molecular weight is 279 g/mol. The van der Waals surface area contributed by atoms with Crippen LogP contribution in [0.25, 0.3) is 0 Å². The Morgan fingerprint density at radius 2 is 1.65 bits per heavy atom. The minimum Gasteiger partial charge on any atom is -0.334 e. The molecule has 0 aliphatic rings. The van der Waals surface area contributed by atoms with Gasteiger partial charge in [-0.3, -0.25) is 4.79 Å². The van der Waals surface area contributed by atoms with E-state index in [-0.39, 0.29) is 17.4 Å². The molecule has 0 aliphatic carbocycles. The molecule has 0 N–H and O–H groups in total. The van der Waals surface area contributed by atoms with Gasteiger partial charge < -0.3 is 4.90 Å². The number of nitrogens with zero attached hydrogens (tertiary/aromatic N) is 1. The molecule has 20 heavy (non-hydrogen) atoms. The zero-order valence-corrected chi connectivity index (χ0v) is 14.7. The molecule has 0 atom stereocenters. The van der Waals surface area contributed by atoms with Gasteiger partial charge in [-0.25, -0.2) is 0 Å². The van der Waals surface area contributed by atoms with Crippen molar-refractivity contribution in [2.24, 2.45) is 5.92 Å². The lowest BCUT2D eigenvalue weighted by Gasteiger charge is -2.36. The van der Waals surface area contributed by atoms with Gasteiger partial charge >= 0.3 is 0 Å². The molecule has 0 radical (unpaired) electrons. The zero-order valence-electron chi connectivity index (χ0n) is 14.7. The van der Waals surface area contributed by atoms with Crippen molar-refractivity contribution in [2.45, 2.75) is 73.8 Å². The summed E-state index contributed by atoms with van der Waals surface area (Å²) in [5.74, 6) is 0.277. The predicted octanol–water partition coefficient (Wildman–Crippen LogP) is 4.96. The smallest absolute Gasteiger partial charge is 0.225 e. The topological polar surface area (TPSA) is 20.3 Å². The van der Waals surface area contributed by atoms with Gasteiger partial charge in [0, 0.05) is 18.0 Å². The normalized spacial score (nSPS) is 12.6. The van der Waals surface area contributed by atoms with E-state index in [0.29, 0.717) is 6.54 Å². The molecule has 0 saturated carbocycles. The lowest BCUT2D eigenvalue weighted by atomic mass is 10.0. The van der Waals surface area contributed by atoms with Crippen LogP contribution in [0.4, 0.5) is 0 Å². The van der Waals surface area contributed by atoms with Crippen molar-refractivity contribution < 1.29 is 4.79 Å². The van der Waals surface area contributed by atoms with Gasteiger partial charge in [0.25, 0.3) is 0 Å². The molecule has 0 aromatic rings. The Morgan fingerprint density at radius 3 is 2.05 bits per heavy atom. The number of carbonyl (C=O) groups is 1.